The van der Waals surface area contributed by atoms with Gasteiger partial charge in [0.2, 0.25) is 11.5 Å². The molecule has 1 aliphatic rings. The Kier molecular flexibility index (Phi) is 9.31. The molecule has 10 nitrogen and oxygen atoms in total. The number of phenols is 2. The first-order valence-electron chi connectivity index (χ1n) is 12.0. The molecule has 0 radical (unpaired) electrons. The SMILES string of the molecule is C=CCOc1cc(O)c2c(c1CC=C(C)C)C(NN)c1c(CC=C(C)C)c(C)c(OOOO)c(O)c1C2=O. The quantitative estimate of drug-likeness (QED) is 0.119. The van der Waals surface area contributed by atoms with E-state index in [4.69, 9.17) is 20.7 Å². The van der Waals surface area contributed by atoms with Crippen molar-refractivity contribution in [2.75, 3.05) is 6.61 Å². The van der Waals surface area contributed by atoms with E-state index in [0.29, 0.717) is 46.4 Å². The first-order valence-corrected chi connectivity index (χ1v) is 12.0. The number of aromatic hydroxyl groups is 2. The molecule has 0 saturated carbocycles. The lowest BCUT2D eigenvalue weighted by Crippen LogP contribution is -2.36. The van der Waals surface area contributed by atoms with Gasteiger partial charge in [-0.25, -0.2) is 10.7 Å². The lowest BCUT2D eigenvalue weighted by molar-refractivity contribution is -0.594. The summed E-state index contributed by atoms with van der Waals surface area (Å²) in [6.07, 6.45) is 6.27. The van der Waals surface area contributed by atoms with E-state index in [1.165, 1.54) is 6.07 Å². The molecule has 0 amide bonds. The molecular weight excluding hydrogens is 492 g/mol. The molecule has 3 rings (SSSR count). The van der Waals surface area contributed by atoms with Crippen molar-refractivity contribution in [3.05, 3.63) is 81.0 Å². The van der Waals surface area contributed by atoms with Gasteiger partial charge in [-0.2, -0.15) is 0 Å². The van der Waals surface area contributed by atoms with Gasteiger partial charge in [0, 0.05) is 22.2 Å². The van der Waals surface area contributed by atoms with Crippen molar-refractivity contribution in [3.8, 4) is 23.0 Å². The van der Waals surface area contributed by atoms with Gasteiger partial charge in [0.15, 0.2) is 5.75 Å². The molecule has 0 spiro atoms. The minimum absolute atomic E-state index is 0.0267. The fourth-order valence-electron chi connectivity index (χ4n) is 4.67. The van der Waals surface area contributed by atoms with Crippen LogP contribution in [0.4, 0.5) is 0 Å². The molecule has 10 heteroatoms. The van der Waals surface area contributed by atoms with Crippen LogP contribution in [0, 0.1) is 6.92 Å². The molecule has 0 fully saturated rings. The van der Waals surface area contributed by atoms with Gasteiger partial charge in [0.1, 0.15) is 18.1 Å². The highest BCUT2D eigenvalue weighted by atomic mass is 17.6. The van der Waals surface area contributed by atoms with E-state index in [-0.39, 0.29) is 29.2 Å². The van der Waals surface area contributed by atoms with Crippen molar-refractivity contribution in [1.82, 2.24) is 5.43 Å². The molecule has 1 aliphatic carbocycles. The maximum Gasteiger partial charge on any atom is 0.214 e. The molecule has 1 atom stereocenters. The van der Waals surface area contributed by atoms with Gasteiger partial charge in [-0.1, -0.05) is 36.0 Å². The van der Waals surface area contributed by atoms with Crippen LogP contribution in [0.1, 0.15) is 77.5 Å². The van der Waals surface area contributed by atoms with E-state index in [2.05, 4.69) is 22.1 Å². The third-order valence-electron chi connectivity index (χ3n) is 6.39. The highest BCUT2D eigenvalue weighted by molar-refractivity contribution is 6.17. The normalized spacial score (nSPS) is 13.9. The molecule has 38 heavy (non-hydrogen) atoms. The molecule has 1 unspecified atom stereocenters. The highest BCUT2D eigenvalue weighted by Crippen LogP contribution is 2.51. The average molecular weight is 527 g/mol. The molecule has 0 aliphatic heterocycles. The summed E-state index contributed by atoms with van der Waals surface area (Å²) in [6.45, 7) is 13.3. The zero-order valence-electron chi connectivity index (χ0n) is 22.2. The van der Waals surface area contributed by atoms with Gasteiger partial charge >= 0.3 is 0 Å². The van der Waals surface area contributed by atoms with Crippen LogP contribution in [0.25, 0.3) is 0 Å². The second-order valence-electron chi connectivity index (χ2n) is 9.46. The zero-order chi connectivity index (χ0) is 28.1. The molecule has 2 aromatic rings. The van der Waals surface area contributed by atoms with Crippen molar-refractivity contribution in [2.24, 2.45) is 5.84 Å². The fraction of sp³-hybridized carbons (Fsp3) is 0.321. The summed E-state index contributed by atoms with van der Waals surface area (Å²) in [6, 6.07) is 0.563. The van der Waals surface area contributed by atoms with Gasteiger partial charge in [0.05, 0.1) is 17.2 Å². The Morgan fingerprint density at radius 2 is 1.68 bits per heavy atom. The number of benzene rings is 2. The number of hydrogen-bond donors (Lipinski definition) is 5. The fourth-order valence-corrected chi connectivity index (χ4v) is 4.67. The Balaban J connectivity index is 2.45. The van der Waals surface area contributed by atoms with Crippen LogP contribution in [0.15, 0.2) is 42.0 Å². The number of allylic oxidation sites excluding steroid dienone is 4. The van der Waals surface area contributed by atoms with E-state index in [1.54, 1.807) is 13.0 Å². The van der Waals surface area contributed by atoms with Crippen LogP contribution in [0.5, 0.6) is 23.0 Å². The molecular formula is C28H34N2O8. The first kappa shape index (κ1) is 28.9. The highest BCUT2D eigenvalue weighted by Gasteiger charge is 2.41. The third-order valence-corrected chi connectivity index (χ3v) is 6.39. The largest absolute Gasteiger partial charge is 0.507 e. The first-order chi connectivity index (χ1) is 18.1. The average Bonchev–Trinajstić information content (AvgIpc) is 2.86. The van der Waals surface area contributed by atoms with Crippen LogP contribution < -0.4 is 20.9 Å². The number of rotatable bonds is 11. The predicted molar refractivity (Wildman–Crippen MR) is 141 cm³/mol. The Morgan fingerprint density at radius 1 is 1.08 bits per heavy atom. The molecule has 0 heterocycles. The predicted octanol–water partition coefficient (Wildman–Crippen LogP) is 4.80. The topological polar surface area (TPSA) is 153 Å². The Bertz CT molecular complexity index is 1310. The number of nitrogens with one attached hydrogen (secondary N) is 1. The second kappa shape index (κ2) is 12.2. The van der Waals surface area contributed by atoms with E-state index >= 15 is 0 Å². The molecule has 204 valence electrons. The third kappa shape index (κ3) is 5.45. The maximum atomic E-state index is 14.0. The second-order valence-corrected chi connectivity index (χ2v) is 9.46. The molecule has 0 bridgehead atoms. The number of phenolic OH excluding ortho intramolecular Hbond substituents is 2. The van der Waals surface area contributed by atoms with Gasteiger partial charge in [0.25, 0.3) is 0 Å². The number of ketones is 1. The van der Waals surface area contributed by atoms with E-state index in [1.807, 2.05) is 39.8 Å². The number of hydrazine groups is 1. The Morgan fingerprint density at radius 3 is 2.24 bits per heavy atom. The monoisotopic (exact) mass is 526 g/mol. The summed E-state index contributed by atoms with van der Waals surface area (Å²) in [5, 5.41) is 38.6. The van der Waals surface area contributed by atoms with Gasteiger partial charge < -0.3 is 19.8 Å². The van der Waals surface area contributed by atoms with Crippen molar-refractivity contribution < 1.29 is 40.0 Å². The summed E-state index contributed by atoms with van der Waals surface area (Å²) in [5.41, 5.74) is 7.30. The number of nitrogens with two attached hydrogens (primary N) is 1. The van der Waals surface area contributed by atoms with Crippen LogP contribution in [-0.2, 0) is 22.9 Å². The number of carbonyl (C=O) groups excluding carboxylic acids is 1. The van der Waals surface area contributed by atoms with Crippen LogP contribution in [0.2, 0.25) is 0 Å². The van der Waals surface area contributed by atoms with Crippen molar-refractivity contribution in [3.63, 3.8) is 0 Å². The molecule has 2 aromatic carbocycles. The van der Waals surface area contributed by atoms with Gasteiger partial charge in [-0.3, -0.25) is 10.6 Å². The summed E-state index contributed by atoms with van der Waals surface area (Å²) in [7, 11) is 0. The number of hydrogen-bond acceptors (Lipinski definition) is 10. The number of ether oxygens (including phenoxy) is 1. The summed E-state index contributed by atoms with van der Waals surface area (Å²) >= 11 is 0. The van der Waals surface area contributed by atoms with Crippen molar-refractivity contribution in [1.29, 1.82) is 0 Å². The van der Waals surface area contributed by atoms with E-state index in [0.717, 1.165) is 11.1 Å². The summed E-state index contributed by atoms with van der Waals surface area (Å²) in [4.78, 5) is 19.0. The zero-order valence-corrected chi connectivity index (χ0v) is 22.2. The smallest absolute Gasteiger partial charge is 0.214 e. The number of carbonyl (C=O) groups is 1. The number of fused-ring (bicyclic) bond motifs is 2. The van der Waals surface area contributed by atoms with Gasteiger partial charge in [-0.05, 0) is 69.2 Å². The maximum absolute atomic E-state index is 14.0. The molecule has 6 N–H and O–H groups in total. The Hall–Kier alpha value is -3.67. The standard InChI is InChI=1S/C28H34N2O8/c1-7-12-35-20-13-19(31)23-22(18(20)11-9-15(4)5)25(30-29)21-17(10-8-14(2)3)16(6)28(36-38-37-34)27(33)24(21)26(23)32/h7-9,13,25,30-31,33-34H,1,10-12,29H2,2-6H3. The van der Waals surface area contributed by atoms with Crippen LogP contribution in [0.3, 0.4) is 0 Å². The molecule has 0 aromatic heterocycles. The van der Waals surface area contributed by atoms with Crippen LogP contribution in [-0.4, -0.2) is 27.9 Å². The minimum Gasteiger partial charge on any atom is -0.507 e. The van der Waals surface area contributed by atoms with Crippen molar-refractivity contribution >= 4 is 5.78 Å². The lowest BCUT2D eigenvalue weighted by atomic mass is 9.74. The van der Waals surface area contributed by atoms with E-state index in [9.17, 15) is 15.0 Å². The lowest BCUT2D eigenvalue weighted by Gasteiger charge is -2.33. The van der Waals surface area contributed by atoms with E-state index < -0.39 is 17.6 Å². The summed E-state index contributed by atoms with van der Waals surface area (Å²) in [5.74, 6) is 4.76. The Labute approximate surface area is 221 Å². The minimum atomic E-state index is -0.814. The molecule has 0 saturated heterocycles. The van der Waals surface area contributed by atoms with Crippen molar-refractivity contribution in [2.45, 2.75) is 53.5 Å². The van der Waals surface area contributed by atoms with Gasteiger partial charge in [-0.15, -0.1) is 0 Å². The van der Waals surface area contributed by atoms with Crippen LogP contribution >= 0.6 is 0 Å². The summed E-state index contributed by atoms with van der Waals surface area (Å²) < 4.78 is 5.88.